The second kappa shape index (κ2) is 5.32. The normalized spacial score (nSPS) is 10.3. The van der Waals surface area contributed by atoms with Crippen molar-refractivity contribution in [3.05, 3.63) is 52.2 Å². The molecular weight excluding hydrogens is 236 g/mol. The van der Waals surface area contributed by atoms with E-state index in [9.17, 15) is 4.79 Å². The van der Waals surface area contributed by atoms with Crippen molar-refractivity contribution in [3.8, 4) is 0 Å². The number of ketones is 1. The van der Waals surface area contributed by atoms with E-state index in [1.807, 2.05) is 48.7 Å². The third kappa shape index (κ3) is 2.74. The topological polar surface area (TPSA) is 17.1 Å². The molecular formula is C13H12OS2. The number of aryl methyl sites for hydroxylation is 1. The van der Waals surface area contributed by atoms with E-state index < -0.39 is 0 Å². The fraction of sp³-hybridized carbons (Fsp3) is 0.154. The van der Waals surface area contributed by atoms with Gasteiger partial charge in [0.15, 0.2) is 5.78 Å². The van der Waals surface area contributed by atoms with Crippen molar-refractivity contribution < 1.29 is 4.79 Å². The summed E-state index contributed by atoms with van der Waals surface area (Å²) in [6.45, 7) is 1.98. The smallest absolute Gasteiger partial charge is 0.183 e. The van der Waals surface area contributed by atoms with Crippen molar-refractivity contribution in [1.29, 1.82) is 0 Å². The zero-order valence-electron chi connectivity index (χ0n) is 8.97. The molecule has 0 aliphatic rings. The van der Waals surface area contributed by atoms with Gasteiger partial charge in [-0.3, -0.25) is 4.79 Å². The summed E-state index contributed by atoms with van der Waals surface area (Å²) in [6.07, 6.45) is 0. The van der Waals surface area contributed by atoms with E-state index >= 15 is 0 Å². The molecule has 1 nitrogen and oxygen atoms in total. The Balaban J connectivity index is 1.97. The van der Waals surface area contributed by atoms with Crippen LogP contribution in [-0.4, -0.2) is 11.5 Å². The number of benzene rings is 1. The number of carbonyl (C=O) groups is 1. The minimum absolute atomic E-state index is 0.223. The Hall–Kier alpha value is -1.06. The molecule has 1 aromatic heterocycles. The van der Waals surface area contributed by atoms with E-state index in [0.29, 0.717) is 5.75 Å². The Morgan fingerprint density at radius 2 is 2.00 bits per heavy atom. The molecule has 0 saturated heterocycles. The van der Waals surface area contributed by atoms with Crippen LogP contribution in [-0.2, 0) is 0 Å². The highest BCUT2D eigenvalue weighted by Gasteiger charge is 2.10. The maximum Gasteiger partial charge on any atom is 0.183 e. The number of thioether (sulfide) groups is 1. The van der Waals surface area contributed by atoms with Crippen LogP contribution in [0, 0.1) is 6.92 Å². The van der Waals surface area contributed by atoms with Crippen LogP contribution >= 0.6 is 23.1 Å². The molecule has 0 amide bonds. The molecule has 0 aliphatic carbocycles. The van der Waals surface area contributed by atoms with Gasteiger partial charge in [0.05, 0.1) is 10.6 Å². The van der Waals surface area contributed by atoms with Crippen molar-refractivity contribution in [2.75, 3.05) is 5.75 Å². The predicted octanol–water partition coefficient (Wildman–Crippen LogP) is 4.03. The lowest BCUT2D eigenvalue weighted by Crippen LogP contribution is -2.01. The molecule has 0 aliphatic heterocycles. The van der Waals surface area contributed by atoms with E-state index in [1.54, 1.807) is 11.8 Å². The molecule has 2 rings (SSSR count). The van der Waals surface area contributed by atoms with E-state index in [4.69, 9.17) is 0 Å². The molecule has 0 radical (unpaired) electrons. The lowest BCUT2D eigenvalue weighted by Gasteiger charge is -2.00. The van der Waals surface area contributed by atoms with Gasteiger partial charge in [0, 0.05) is 4.90 Å². The Bertz CT molecular complexity index is 474. The average molecular weight is 248 g/mol. The molecule has 0 atom stereocenters. The second-order valence-electron chi connectivity index (χ2n) is 3.46. The summed E-state index contributed by atoms with van der Waals surface area (Å²) in [7, 11) is 0. The summed E-state index contributed by atoms with van der Waals surface area (Å²) in [5, 5.41) is 1.97. The van der Waals surface area contributed by atoms with E-state index in [0.717, 1.165) is 15.3 Å². The Labute approximate surface area is 104 Å². The summed E-state index contributed by atoms with van der Waals surface area (Å²) in [5.41, 5.74) is 1.09. The second-order valence-corrected chi connectivity index (χ2v) is 5.42. The molecule has 0 spiro atoms. The van der Waals surface area contributed by atoms with Gasteiger partial charge in [-0.1, -0.05) is 18.2 Å². The number of Topliss-reactive ketones (excluding diaryl/α,β-unsaturated/α-hetero) is 1. The first-order valence-corrected chi connectivity index (χ1v) is 6.89. The van der Waals surface area contributed by atoms with Gasteiger partial charge in [-0.05, 0) is 36.1 Å². The highest BCUT2D eigenvalue weighted by molar-refractivity contribution is 8.00. The highest BCUT2D eigenvalue weighted by atomic mass is 32.2. The van der Waals surface area contributed by atoms with Crippen LogP contribution in [0.3, 0.4) is 0 Å². The number of rotatable bonds is 4. The van der Waals surface area contributed by atoms with Gasteiger partial charge in [0.2, 0.25) is 0 Å². The van der Waals surface area contributed by atoms with E-state index in [2.05, 4.69) is 0 Å². The fourth-order valence-electron chi connectivity index (χ4n) is 1.39. The molecule has 1 aromatic carbocycles. The largest absolute Gasteiger partial charge is 0.292 e. The lowest BCUT2D eigenvalue weighted by molar-refractivity contribution is 0.102. The molecule has 0 saturated carbocycles. The fourth-order valence-corrected chi connectivity index (χ4v) is 3.14. The third-order valence-corrected chi connectivity index (χ3v) is 4.30. The van der Waals surface area contributed by atoms with Crippen molar-refractivity contribution in [1.82, 2.24) is 0 Å². The molecule has 0 bridgehead atoms. The Kier molecular flexibility index (Phi) is 3.80. The number of thiophene rings is 1. The van der Waals surface area contributed by atoms with Crippen molar-refractivity contribution in [2.24, 2.45) is 0 Å². The zero-order valence-corrected chi connectivity index (χ0v) is 10.6. The summed E-state index contributed by atoms with van der Waals surface area (Å²) in [4.78, 5) is 13.9. The summed E-state index contributed by atoms with van der Waals surface area (Å²) in [6, 6.07) is 12.0. The van der Waals surface area contributed by atoms with Crippen LogP contribution in [0.4, 0.5) is 0 Å². The number of hydrogen-bond donors (Lipinski definition) is 0. The van der Waals surface area contributed by atoms with Crippen molar-refractivity contribution in [2.45, 2.75) is 11.8 Å². The molecule has 0 unspecified atom stereocenters. The number of carbonyl (C=O) groups excluding carboxylic acids is 1. The molecule has 2 aromatic rings. The highest BCUT2D eigenvalue weighted by Crippen LogP contribution is 2.22. The van der Waals surface area contributed by atoms with Crippen molar-refractivity contribution in [3.63, 3.8) is 0 Å². The van der Waals surface area contributed by atoms with Gasteiger partial charge >= 0.3 is 0 Å². The van der Waals surface area contributed by atoms with Gasteiger partial charge in [-0.2, -0.15) is 0 Å². The number of hydrogen-bond acceptors (Lipinski definition) is 3. The maximum atomic E-state index is 11.9. The minimum atomic E-state index is 0.223. The van der Waals surface area contributed by atoms with Crippen LogP contribution in [0.2, 0.25) is 0 Å². The van der Waals surface area contributed by atoms with Crippen LogP contribution in [0.5, 0.6) is 0 Å². The standard InChI is InChI=1S/C13H12OS2/c1-10-7-8-15-13(10)12(14)9-16-11-5-3-2-4-6-11/h2-8H,9H2,1H3. The predicted molar refractivity (Wildman–Crippen MR) is 70.6 cm³/mol. The average Bonchev–Trinajstić information content (AvgIpc) is 2.74. The van der Waals surface area contributed by atoms with E-state index in [-0.39, 0.29) is 5.78 Å². The van der Waals surface area contributed by atoms with Gasteiger partial charge < -0.3 is 0 Å². The summed E-state index contributed by atoms with van der Waals surface area (Å²) >= 11 is 3.12. The molecule has 82 valence electrons. The van der Waals surface area contributed by atoms with Crippen LogP contribution in [0.15, 0.2) is 46.7 Å². The van der Waals surface area contributed by atoms with Crippen LogP contribution < -0.4 is 0 Å². The SMILES string of the molecule is Cc1ccsc1C(=O)CSc1ccccc1. The monoisotopic (exact) mass is 248 g/mol. The molecule has 0 fully saturated rings. The van der Waals surface area contributed by atoms with Crippen LogP contribution in [0.1, 0.15) is 15.2 Å². The van der Waals surface area contributed by atoms with E-state index in [1.165, 1.54) is 11.3 Å². The van der Waals surface area contributed by atoms with Gasteiger partial charge in [-0.25, -0.2) is 0 Å². The first kappa shape index (κ1) is 11.4. The molecule has 16 heavy (non-hydrogen) atoms. The van der Waals surface area contributed by atoms with Gasteiger partial charge in [-0.15, -0.1) is 23.1 Å². The zero-order chi connectivity index (χ0) is 11.4. The molecule has 1 heterocycles. The molecule has 3 heteroatoms. The lowest BCUT2D eigenvalue weighted by atomic mass is 10.2. The molecule has 0 N–H and O–H groups in total. The van der Waals surface area contributed by atoms with Crippen molar-refractivity contribution >= 4 is 28.9 Å². The van der Waals surface area contributed by atoms with Gasteiger partial charge in [0.1, 0.15) is 0 Å². The Morgan fingerprint density at radius 3 is 2.62 bits per heavy atom. The quantitative estimate of drug-likeness (QED) is 0.600. The van der Waals surface area contributed by atoms with Gasteiger partial charge in [0.25, 0.3) is 0 Å². The first-order chi connectivity index (χ1) is 7.77. The summed E-state index contributed by atoms with van der Waals surface area (Å²) in [5.74, 6) is 0.743. The first-order valence-electron chi connectivity index (χ1n) is 5.02. The minimum Gasteiger partial charge on any atom is -0.292 e. The Morgan fingerprint density at radius 1 is 1.25 bits per heavy atom. The third-order valence-electron chi connectivity index (χ3n) is 2.23. The maximum absolute atomic E-state index is 11.9. The van der Waals surface area contributed by atoms with Crippen LogP contribution in [0.25, 0.3) is 0 Å². The summed E-state index contributed by atoms with van der Waals surface area (Å²) < 4.78 is 0.